The van der Waals surface area contributed by atoms with Gasteiger partial charge in [0.25, 0.3) is 0 Å². The van der Waals surface area contributed by atoms with Crippen LogP contribution in [0.5, 0.6) is 0 Å². The van der Waals surface area contributed by atoms with Gasteiger partial charge >= 0.3 is 0 Å². The number of nitrogens with zero attached hydrogens (tertiary/aromatic N) is 2. The van der Waals surface area contributed by atoms with E-state index in [1.165, 1.54) is 0 Å². The van der Waals surface area contributed by atoms with E-state index in [0.29, 0.717) is 0 Å². The molecule has 0 amide bonds. The summed E-state index contributed by atoms with van der Waals surface area (Å²) in [4.78, 5) is 8.07. The van der Waals surface area contributed by atoms with Crippen molar-refractivity contribution in [1.82, 2.24) is 0 Å². The molecule has 1 aliphatic heterocycles. The summed E-state index contributed by atoms with van der Waals surface area (Å²) in [6.07, 6.45) is 4.39. The molecule has 4 heteroatoms. The SMILES string of the molecule is CCOCCC1(Br)C=NC=NC1. The molecule has 0 aromatic heterocycles. The molecule has 0 saturated heterocycles. The maximum absolute atomic E-state index is 5.26. The van der Waals surface area contributed by atoms with Crippen LogP contribution < -0.4 is 0 Å². The lowest BCUT2D eigenvalue weighted by Gasteiger charge is -2.21. The Kier molecular flexibility index (Phi) is 3.88. The lowest BCUT2D eigenvalue weighted by molar-refractivity contribution is 0.142. The zero-order valence-corrected chi connectivity index (χ0v) is 8.75. The molecule has 0 fully saturated rings. The minimum absolute atomic E-state index is 0.0725. The third-order valence-electron chi connectivity index (χ3n) is 1.67. The van der Waals surface area contributed by atoms with E-state index in [2.05, 4.69) is 25.9 Å². The Morgan fingerprint density at radius 2 is 2.50 bits per heavy atom. The first-order valence-corrected chi connectivity index (χ1v) is 4.85. The van der Waals surface area contributed by atoms with Crippen molar-refractivity contribution in [3.05, 3.63) is 0 Å². The predicted octanol–water partition coefficient (Wildman–Crippen LogP) is 1.66. The van der Waals surface area contributed by atoms with Crippen LogP contribution in [0.4, 0.5) is 0 Å². The van der Waals surface area contributed by atoms with E-state index in [1.54, 1.807) is 6.34 Å². The molecule has 1 aliphatic rings. The van der Waals surface area contributed by atoms with Crippen molar-refractivity contribution < 1.29 is 4.74 Å². The molecule has 0 saturated carbocycles. The molecule has 1 atom stereocenters. The molecule has 68 valence electrons. The van der Waals surface area contributed by atoms with Gasteiger partial charge in [-0.05, 0) is 13.3 Å². The largest absolute Gasteiger partial charge is 0.382 e. The summed E-state index contributed by atoms with van der Waals surface area (Å²) in [6.45, 7) is 4.27. The first-order chi connectivity index (χ1) is 5.77. The maximum Gasteiger partial charge on any atom is 0.109 e. The Morgan fingerprint density at radius 1 is 1.67 bits per heavy atom. The monoisotopic (exact) mass is 232 g/mol. The smallest absolute Gasteiger partial charge is 0.109 e. The van der Waals surface area contributed by atoms with Crippen molar-refractivity contribution in [2.75, 3.05) is 19.8 Å². The average Bonchev–Trinajstić information content (AvgIpc) is 2.06. The fourth-order valence-electron chi connectivity index (χ4n) is 0.977. The lowest BCUT2D eigenvalue weighted by atomic mass is 10.1. The normalized spacial score (nSPS) is 27.8. The Bertz CT molecular complexity index is 193. The highest BCUT2D eigenvalue weighted by Crippen LogP contribution is 2.22. The van der Waals surface area contributed by atoms with Crippen LogP contribution in [0.3, 0.4) is 0 Å². The van der Waals surface area contributed by atoms with Gasteiger partial charge in [-0.3, -0.25) is 4.99 Å². The van der Waals surface area contributed by atoms with E-state index >= 15 is 0 Å². The number of halogens is 1. The van der Waals surface area contributed by atoms with Gasteiger partial charge in [0.2, 0.25) is 0 Å². The molecule has 0 aromatic carbocycles. The summed E-state index contributed by atoms with van der Waals surface area (Å²) >= 11 is 3.58. The summed E-state index contributed by atoms with van der Waals surface area (Å²) < 4.78 is 5.19. The van der Waals surface area contributed by atoms with Crippen LogP contribution in [0.15, 0.2) is 9.98 Å². The number of aliphatic imine (C=N–C) groups is 2. The molecule has 3 nitrogen and oxygen atoms in total. The number of alkyl halides is 1. The second kappa shape index (κ2) is 4.72. The molecule has 0 radical (unpaired) electrons. The lowest BCUT2D eigenvalue weighted by Crippen LogP contribution is -2.30. The van der Waals surface area contributed by atoms with E-state index in [9.17, 15) is 0 Å². The number of rotatable bonds is 4. The van der Waals surface area contributed by atoms with Crippen molar-refractivity contribution in [3.8, 4) is 0 Å². The highest BCUT2D eigenvalue weighted by Gasteiger charge is 2.24. The van der Waals surface area contributed by atoms with Gasteiger partial charge in [0.05, 0.1) is 10.9 Å². The molecule has 1 unspecified atom stereocenters. The van der Waals surface area contributed by atoms with Crippen molar-refractivity contribution in [2.24, 2.45) is 9.98 Å². The summed E-state index contributed by atoms with van der Waals surface area (Å²) in [5.41, 5.74) is 0. The summed E-state index contributed by atoms with van der Waals surface area (Å²) in [7, 11) is 0. The molecule has 0 N–H and O–H groups in total. The fraction of sp³-hybridized carbons (Fsp3) is 0.750. The molecule has 0 bridgehead atoms. The quantitative estimate of drug-likeness (QED) is 0.537. The van der Waals surface area contributed by atoms with Crippen molar-refractivity contribution in [1.29, 1.82) is 0 Å². The van der Waals surface area contributed by atoms with E-state index in [1.807, 2.05) is 13.1 Å². The van der Waals surface area contributed by atoms with Gasteiger partial charge in [-0.2, -0.15) is 0 Å². The van der Waals surface area contributed by atoms with E-state index in [-0.39, 0.29) is 4.32 Å². The van der Waals surface area contributed by atoms with Gasteiger partial charge in [-0.25, -0.2) is 4.99 Å². The highest BCUT2D eigenvalue weighted by atomic mass is 79.9. The molecule has 0 aromatic rings. The molecule has 1 rings (SSSR count). The van der Waals surface area contributed by atoms with Gasteiger partial charge < -0.3 is 4.74 Å². The standard InChI is InChI=1S/C8H13BrN2O/c1-2-12-4-3-8(9)5-10-7-11-6-8/h5,7H,2-4,6H2,1H3. The van der Waals surface area contributed by atoms with Crippen LogP contribution >= 0.6 is 15.9 Å². The second-order valence-corrected chi connectivity index (χ2v) is 4.30. The minimum Gasteiger partial charge on any atom is -0.382 e. The van der Waals surface area contributed by atoms with Crippen molar-refractivity contribution in [3.63, 3.8) is 0 Å². The Balaban J connectivity index is 2.29. The zero-order valence-electron chi connectivity index (χ0n) is 7.16. The van der Waals surface area contributed by atoms with E-state index in [4.69, 9.17) is 4.74 Å². The van der Waals surface area contributed by atoms with Gasteiger partial charge in [-0.1, -0.05) is 15.9 Å². The fourth-order valence-corrected chi connectivity index (χ4v) is 1.40. The molecule has 12 heavy (non-hydrogen) atoms. The van der Waals surface area contributed by atoms with E-state index < -0.39 is 0 Å². The van der Waals surface area contributed by atoms with Crippen LogP contribution in [-0.2, 0) is 4.74 Å². The van der Waals surface area contributed by atoms with Gasteiger partial charge in [0.1, 0.15) is 6.34 Å². The van der Waals surface area contributed by atoms with Crippen LogP contribution in [0, 0.1) is 0 Å². The average molecular weight is 233 g/mol. The van der Waals surface area contributed by atoms with Crippen LogP contribution in [-0.4, -0.2) is 36.6 Å². The first-order valence-electron chi connectivity index (χ1n) is 4.06. The van der Waals surface area contributed by atoms with Gasteiger partial charge in [-0.15, -0.1) is 0 Å². The molecule has 0 spiro atoms. The summed E-state index contributed by atoms with van der Waals surface area (Å²) in [6, 6.07) is 0. The van der Waals surface area contributed by atoms with Crippen LogP contribution in [0.2, 0.25) is 0 Å². The molecular weight excluding hydrogens is 220 g/mol. The summed E-state index contributed by atoms with van der Waals surface area (Å²) in [5.74, 6) is 0. The van der Waals surface area contributed by atoms with E-state index in [0.717, 1.165) is 26.2 Å². The Hall–Kier alpha value is -0.220. The highest BCUT2D eigenvalue weighted by molar-refractivity contribution is 9.10. The number of ether oxygens (including phenoxy) is 1. The van der Waals surface area contributed by atoms with Crippen molar-refractivity contribution in [2.45, 2.75) is 17.7 Å². The van der Waals surface area contributed by atoms with Crippen LogP contribution in [0.1, 0.15) is 13.3 Å². The molecule has 1 heterocycles. The third-order valence-corrected chi connectivity index (χ3v) is 2.53. The number of hydrogen-bond donors (Lipinski definition) is 0. The molecular formula is C8H13BrN2O. The third kappa shape index (κ3) is 3.03. The van der Waals surface area contributed by atoms with Gasteiger partial charge in [0.15, 0.2) is 0 Å². The zero-order chi connectivity index (χ0) is 8.86. The first kappa shape index (κ1) is 9.86. The topological polar surface area (TPSA) is 34.0 Å². The minimum atomic E-state index is -0.0725. The van der Waals surface area contributed by atoms with Crippen LogP contribution in [0.25, 0.3) is 0 Å². The molecule has 0 aliphatic carbocycles. The Morgan fingerprint density at radius 3 is 3.08 bits per heavy atom. The summed E-state index contributed by atoms with van der Waals surface area (Å²) in [5, 5.41) is 0. The second-order valence-electron chi connectivity index (χ2n) is 2.72. The predicted molar refractivity (Wildman–Crippen MR) is 54.6 cm³/mol. The van der Waals surface area contributed by atoms with Crippen molar-refractivity contribution >= 4 is 28.5 Å². The maximum atomic E-state index is 5.26. The van der Waals surface area contributed by atoms with Gasteiger partial charge in [0, 0.05) is 19.4 Å². The number of hydrogen-bond acceptors (Lipinski definition) is 3. The Labute approximate surface area is 81.1 Å².